The third-order valence-electron chi connectivity index (χ3n) is 3.05. The van der Waals surface area contributed by atoms with E-state index < -0.39 is 0 Å². The van der Waals surface area contributed by atoms with Gasteiger partial charge in [-0.05, 0) is 51.2 Å². The molecule has 0 aromatic carbocycles. The number of carbonyl (C=O) groups excluding carboxylic acids is 1. The van der Waals surface area contributed by atoms with Crippen molar-refractivity contribution in [3.8, 4) is 0 Å². The minimum absolute atomic E-state index is 0.218. The van der Waals surface area contributed by atoms with Gasteiger partial charge < -0.3 is 4.90 Å². The Morgan fingerprint density at radius 2 is 2.20 bits per heavy atom. The Morgan fingerprint density at radius 1 is 1.47 bits per heavy atom. The smallest absolute Gasteiger partial charge is 0.149 e. The molecule has 0 bridgehead atoms. The van der Waals surface area contributed by atoms with Crippen LogP contribution in [-0.4, -0.2) is 17.2 Å². The average Bonchev–Trinajstić information content (AvgIpc) is 2.22. The number of carbonyl (C=O) groups is 1. The predicted octanol–water partition coefficient (Wildman–Crippen LogP) is 2.78. The van der Waals surface area contributed by atoms with Crippen molar-refractivity contribution in [3.05, 3.63) is 28.8 Å². The van der Waals surface area contributed by atoms with Gasteiger partial charge in [0, 0.05) is 5.70 Å². The maximum absolute atomic E-state index is 11.2. The summed E-state index contributed by atoms with van der Waals surface area (Å²) in [4.78, 5) is 13.4. The fraction of sp³-hybridized carbons (Fsp3) is 0.538. The molecule has 0 saturated heterocycles. The highest BCUT2D eigenvalue weighted by Crippen LogP contribution is 2.32. The van der Waals surface area contributed by atoms with Crippen LogP contribution in [-0.2, 0) is 4.79 Å². The molecule has 1 heterocycles. The quantitative estimate of drug-likeness (QED) is 0.643. The summed E-state index contributed by atoms with van der Waals surface area (Å²) in [6.45, 7) is 4.18. The van der Waals surface area contributed by atoms with Crippen molar-refractivity contribution in [1.82, 2.24) is 4.90 Å². The van der Waals surface area contributed by atoms with Crippen LogP contribution in [0.4, 0.5) is 0 Å². The van der Waals surface area contributed by atoms with Crippen LogP contribution < -0.4 is 0 Å². The first-order chi connectivity index (χ1) is 7.18. The molecule has 0 aromatic heterocycles. The van der Waals surface area contributed by atoms with E-state index in [1.54, 1.807) is 6.92 Å². The summed E-state index contributed by atoms with van der Waals surface area (Å²) in [7, 11) is 0. The van der Waals surface area contributed by atoms with Gasteiger partial charge in [0.25, 0.3) is 0 Å². The Bertz CT molecular complexity index is 383. The van der Waals surface area contributed by atoms with E-state index in [9.17, 15) is 4.79 Å². The Morgan fingerprint density at radius 3 is 2.93 bits per heavy atom. The molecule has 0 aromatic rings. The van der Waals surface area contributed by atoms with Crippen molar-refractivity contribution in [3.63, 3.8) is 0 Å². The molecule has 0 unspecified atom stereocenters. The van der Waals surface area contributed by atoms with Crippen molar-refractivity contribution in [2.24, 2.45) is 0 Å². The number of rotatable bonds is 2. The first-order valence-corrected chi connectivity index (χ1v) is 5.61. The summed E-state index contributed by atoms with van der Waals surface area (Å²) in [5, 5.41) is 0. The number of ketones is 1. The van der Waals surface area contributed by atoms with Gasteiger partial charge >= 0.3 is 0 Å². The van der Waals surface area contributed by atoms with E-state index in [1.165, 1.54) is 24.1 Å². The Kier molecular flexibility index (Phi) is 2.79. The molecule has 0 radical (unpaired) electrons. The van der Waals surface area contributed by atoms with E-state index in [4.69, 9.17) is 0 Å². The lowest BCUT2D eigenvalue weighted by atomic mass is 9.93. The summed E-state index contributed by atoms with van der Waals surface area (Å²) >= 11 is 0. The number of hydrogen-bond donors (Lipinski definition) is 0. The number of nitrogens with zero attached hydrogens (tertiary/aromatic N) is 1. The normalized spacial score (nSPS) is 20.1. The monoisotopic (exact) mass is 203 g/mol. The fourth-order valence-electron chi connectivity index (χ4n) is 2.29. The number of allylic oxidation sites excluding steroid dienone is 3. The molecule has 2 nitrogen and oxygen atoms in total. The lowest BCUT2D eigenvalue weighted by molar-refractivity contribution is -0.117. The zero-order valence-corrected chi connectivity index (χ0v) is 9.47. The maximum Gasteiger partial charge on any atom is 0.149 e. The maximum atomic E-state index is 11.2. The van der Waals surface area contributed by atoms with Gasteiger partial charge in [-0.2, -0.15) is 0 Å². The summed E-state index contributed by atoms with van der Waals surface area (Å²) in [5.41, 5.74) is 7.06. The summed E-state index contributed by atoms with van der Waals surface area (Å²) in [5.74, 6) is 0.218. The van der Waals surface area contributed by atoms with Gasteiger partial charge in [0.05, 0.1) is 12.2 Å². The van der Waals surface area contributed by atoms with Gasteiger partial charge in [-0.1, -0.05) is 5.73 Å². The van der Waals surface area contributed by atoms with Crippen LogP contribution in [0.5, 0.6) is 0 Å². The Balaban J connectivity index is 2.31. The van der Waals surface area contributed by atoms with E-state index >= 15 is 0 Å². The minimum Gasteiger partial charge on any atom is -0.335 e. The molecule has 0 amide bonds. The predicted molar refractivity (Wildman–Crippen MR) is 60.2 cm³/mol. The third kappa shape index (κ3) is 2.05. The number of Topliss-reactive ketones (excluding diaryl/α,β-unsaturated/α-hetero) is 1. The van der Waals surface area contributed by atoms with Crippen LogP contribution >= 0.6 is 0 Å². The SMILES string of the molecule is CC(=O)CN1C(C)=C=CC2=C1CCCC2. The molecule has 15 heavy (non-hydrogen) atoms. The Labute approximate surface area is 91.0 Å². The van der Waals surface area contributed by atoms with Crippen LogP contribution in [0.25, 0.3) is 0 Å². The van der Waals surface area contributed by atoms with E-state index in [0.717, 1.165) is 18.5 Å². The van der Waals surface area contributed by atoms with E-state index in [2.05, 4.69) is 16.7 Å². The molecule has 0 fully saturated rings. The van der Waals surface area contributed by atoms with Gasteiger partial charge in [-0.15, -0.1) is 0 Å². The van der Waals surface area contributed by atoms with Crippen LogP contribution in [0.15, 0.2) is 28.8 Å². The molecular weight excluding hydrogens is 186 g/mol. The topological polar surface area (TPSA) is 20.3 Å². The first kappa shape index (κ1) is 10.3. The third-order valence-corrected chi connectivity index (χ3v) is 3.05. The van der Waals surface area contributed by atoms with Gasteiger partial charge in [-0.25, -0.2) is 0 Å². The van der Waals surface area contributed by atoms with Crippen LogP contribution in [0, 0.1) is 0 Å². The molecule has 2 heteroatoms. The first-order valence-electron chi connectivity index (χ1n) is 5.61. The van der Waals surface area contributed by atoms with Crippen LogP contribution in [0.1, 0.15) is 39.5 Å². The molecule has 1 aliphatic heterocycles. The highest BCUT2D eigenvalue weighted by Gasteiger charge is 2.21. The van der Waals surface area contributed by atoms with Crippen molar-refractivity contribution in [2.45, 2.75) is 39.5 Å². The summed E-state index contributed by atoms with van der Waals surface area (Å²) in [6, 6.07) is 0. The largest absolute Gasteiger partial charge is 0.335 e. The number of hydrogen-bond acceptors (Lipinski definition) is 2. The summed E-state index contributed by atoms with van der Waals surface area (Å²) < 4.78 is 0. The molecule has 80 valence electrons. The average molecular weight is 203 g/mol. The lowest BCUT2D eigenvalue weighted by Crippen LogP contribution is -2.29. The molecule has 2 aliphatic rings. The molecule has 0 saturated carbocycles. The standard InChI is InChI=1S/C13H17NO/c1-10-7-8-12-5-3-4-6-13(12)14(10)9-11(2)15/h8H,3-6,9H2,1-2H3. The molecule has 0 atom stereocenters. The van der Waals surface area contributed by atoms with Crippen LogP contribution in [0.3, 0.4) is 0 Å². The van der Waals surface area contributed by atoms with Crippen molar-refractivity contribution in [1.29, 1.82) is 0 Å². The van der Waals surface area contributed by atoms with E-state index in [1.807, 2.05) is 6.92 Å². The highest BCUT2D eigenvalue weighted by molar-refractivity contribution is 5.78. The minimum atomic E-state index is 0.218. The summed E-state index contributed by atoms with van der Waals surface area (Å²) in [6.07, 6.45) is 6.86. The van der Waals surface area contributed by atoms with Crippen molar-refractivity contribution >= 4 is 5.78 Å². The zero-order chi connectivity index (χ0) is 10.8. The van der Waals surface area contributed by atoms with Crippen molar-refractivity contribution < 1.29 is 4.79 Å². The second-order valence-electron chi connectivity index (χ2n) is 4.34. The lowest BCUT2D eigenvalue weighted by Gasteiger charge is -2.32. The van der Waals surface area contributed by atoms with Gasteiger partial charge in [-0.3, -0.25) is 4.79 Å². The van der Waals surface area contributed by atoms with E-state index in [-0.39, 0.29) is 5.78 Å². The Hall–Kier alpha value is -1.27. The zero-order valence-electron chi connectivity index (χ0n) is 9.47. The van der Waals surface area contributed by atoms with Gasteiger partial charge in [0.2, 0.25) is 0 Å². The molecule has 1 aliphatic carbocycles. The second-order valence-corrected chi connectivity index (χ2v) is 4.34. The second kappa shape index (κ2) is 4.08. The molecule has 0 spiro atoms. The van der Waals surface area contributed by atoms with Crippen LogP contribution in [0.2, 0.25) is 0 Å². The van der Waals surface area contributed by atoms with E-state index in [0.29, 0.717) is 6.54 Å². The molecular formula is C13H17NO. The van der Waals surface area contributed by atoms with Gasteiger partial charge in [0.1, 0.15) is 5.78 Å². The highest BCUT2D eigenvalue weighted by atomic mass is 16.1. The molecule has 0 N–H and O–H groups in total. The van der Waals surface area contributed by atoms with Crippen molar-refractivity contribution in [2.75, 3.05) is 6.54 Å². The molecule has 2 rings (SSSR count). The van der Waals surface area contributed by atoms with Gasteiger partial charge in [0.15, 0.2) is 0 Å². The fourth-order valence-corrected chi connectivity index (χ4v) is 2.29.